The quantitative estimate of drug-likeness (QED) is 0.346. The van der Waals surface area contributed by atoms with E-state index in [-0.39, 0.29) is 12.1 Å². The Morgan fingerprint density at radius 3 is 2.50 bits per heavy atom. The number of hydrogen-bond donors (Lipinski definition) is 0. The fourth-order valence-electron chi connectivity index (χ4n) is 6.24. The third-order valence-corrected chi connectivity index (χ3v) is 8.15. The number of piperidine rings is 3. The number of aromatic nitrogens is 3. The molecule has 36 heavy (non-hydrogen) atoms. The summed E-state index contributed by atoms with van der Waals surface area (Å²) in [5.74, 6) is 3.31. The highest BCUT2D eigenvalue weighted by Crippen LogP contribution is 2.45. The first-order valence-electron chi connectivity index (χ1n) is 12.8. The van der Waals surface area contributed by atoms with Gasteiger partial charge in [0, 0.05) is 23.7 Å². The molecule has 1 unspecified atom stereocenters. The van der Waals surface area contributed by atoms with Gasteiger partial charge in [0.05, 0.1) is 36.6 Å². The summed E-state index contributed by atoms with van der Waals surface area (Å²) in [6.07, 6.45) is 5.25. The number of benzene rings is 2. The molecule has 5 heterocycles. The molecule has 7 heteroatoms. The van der Waals surface area contributed by atoms with E-state index in [2.05, 4.69) is 39.1 Å². The summed E-state index contributed by atoms with van der Waals surface area (Å²) in [5, 5.41) is 11.7. The zero-order chi connectivity index (χ0) is 24.6. The normalized spacial score (nSPS) is 24.1. The Morgan fingerprint density at radius 1 is 0.972 bits per heavy atom. The van der Waals surface area contributed by atoms with Crippen LogP contribution in [-0.2, 0) is 0 Å². The Labute approximate surface area is 211 Å². The van der Waals surface area contributed by atoms with Crippen molar-refractivity contribution in [1.82, 2.24) is 20.1 Å². The van der Waals surface area contributed by atoms with Gasteiger partial charge in [0.15, 0.2) is 0 Å². The minimum absolute atomic E-state index is 0.227. The summed E-state index contributed by atoms with van der Waals surface area (Å²) in [6.45, 7) is 4.54. The topological polar surface area (TPSA) is 69.6 Å². The number of nitrogens with zero attached hydrogens (tertiary/aromatic N) is 4. The predicted molar refractivity (Wildman–Crippen MR) is 140 cm³/mol. The van der Waals surface area contributed by atoms with Gasteiger partial charge in [0.25, 0.3) is 0 Å². The second-order valence-electron chi connectivity index (χ2n) is 9.90. The molecular formula is C29H32N4O3. The first-order chi connectivity index (χ1) is 17.7. The molecule has 4 aromatic rings. The maximum absolute atomic E-state index is 6.92. The molecule has 0 radical (unpaired) electrons. The Bertz CT molecular complexity index is 1390. The van der Waals surface area contributed by atoms with Gasteiger partial charge in [-0.05, 0) is 67.6 Å². The van der Waals surface area contributed by atoms with Crippen LogP contribution in [0.5, 0.6) is 17.5 Å². The van der Waals surface area contributed by atoms with Gasteiger partial charge in [-0.3, -0.25) is 9.88 Å². The Kier molecular flexibility index (Phi) is 6.09. The van der Waals surface area contributed by atoms with E-state index in [0.29, 0.717) is 11.8 Å². The molecule has 5 atom stereocenters. The summed E-state index contributed by atoms with van der Waals surface area (Å²) in [4.78, 5) is 7.26. The fourth-order valence-corrected chi connectivity index (χ4v) is 6.24. The maximum Gasteiger partial charge on any atom is 0.242 e. The van der Waals surface area contributed by atoms with E-state index in [9.17, 15) is 0 Å². The van der Waals surface area contributed by atoms with E-state index in [4.69, 9.17) is 14.2 Å². The lowest BCUT2D eigenvalue weighted by molar-refractivity contribution is -0.0491. The lowest BCUT2D eigenvalue weighted by Crippen LogP contribution is -2.56. The molecule has 0 aliphatic carbocycles. The lowest BCUT2D eigenvalue weighted by Gasteiger charge is -2.51. The molecule has 7 nitrogen and oxygen atoms in total. The van der Waals surface area contributed by atoms with Gasteiger partial charge < -0.3 is 14.2 Å². The summed E-state index contributed by atoms with van der Waals surface area (Å²) >= 11 is 0. The van der Waals surface area contributed by atoms with Crippen LogP contribution in [0.2, 0.25) is 0 Å². The molecule has 3 fully saturated rings. The summed E-state index contributed by atoms with van der Waals surface area (Å²) in [6, 6.07) is 16.4. The van der Waals surface area contributed by atoms with Crippen LogP contribution in [0.1, 0.15) is 37.9 Å². The zero-order valence-corrected chi connectivity index (χ0v) is 21.1. The second kappa shape index (κ2) is 9.54. The fraction of sp³-hybridized carbons (Fsp3) is 0.414. The van der Waals surface area contributed by atoms with Crippen molar-refractivity contribution in [2.24, 2.45) is 11.8 Å². The number of fused-ring (bicyclic) bond motifs is 5. The summed E-state index contributed by atoms with van der Waals surface area (Å²) < 4.78 is 18.0. The van der Waals surface area contributed by atoms with Crippen molar-refractivity contribution < 1.29 is 14.2 Å². The molecule has 3 aliphatic heterocycles. The number of pyridine rings is 1. The van der Waals surface area contributed by atoms with E-state index in [1.54, 1.807) is 14.2 Å². The smallest absolute Gasteiger partial charge is 0.242 e. The molecule has 0 N–H and O–H groups in total. The van der Waals surface area contributed by atoms with Gasteiger partial charge in [0.1, 0.15) is 11.9 Å². The predicted octanol–water partition coefficient (Wildman–Crippen LogP) is 5.44. The number of hydrogen-bond acceptors (Lipinski definition) is 7. The highest BCUT2D eigenvalue weighted by Gasteiger charge is 2.44. The van der Waals surface area contributed by atoms with Crippen LogP contribution >= 0.6 is 0 Å². The molecular weight excluding hydrogens is 452 g/mol. The molecule has 2 aromatic carbocycles. The molecule has 2 aromatic heterocycles. The van der Waals surface area contributed by atoms with Crippen molar-refractivity contribution in [1.29, 1.82) is 0 Å². The summed E-state index contributed by atoms with van der Waals surface area (Å²) in [5.41, 5.74) is 2.03. The number of methoxy groups -OCH3 is 2. The van der Waals surface area contributed by atoms with Crippen LogP contribution in [-0.4, -0.2) is 53.4 Å². The van der Waals surface area contributed by atoms with Crippen LogP contribution in [0.15, 0.2) is 54.7 Å². The minimum Gasteiger partial charge on any atom is -0.497 e. The van der Waals surface area contributed by atoms with E-state index >= 15 is 0 Å². The molecule has 0 amide bonds. The lowest BCUT2D eigenvalue weighted by atomic mass is 9.72. The SMILES string of the molecule is CC[C@H]1CN2CC[C@@H]1C[C@@H]2[C@H](Oc1nnc(OC)c2ccccc12)c1ccnc2ccc(OC)cc12. The maximum atomic E-state index is 6.92. The van der Waals surface area contributed by atoms with Crippen molar-refractivity contribution in [3.63, 3.8) is 0 Å². The molecule has 186 valence electrons. The van der Waals surface area contributed by atoms with Gasteiger partial charge in [-0.15, -0.1) is 10.2 Å². The third-order valence-electron chi connectivity index (χ3n) is 8.15. The van der Waals surface area contributed by atoms with Crippen molar-refractivity contribution >= 4 is 21.7 Å². The van der Waals surface area contributed by atoms with Crippen LogP contribution < -0.4 is 14.2 Å². The largest absolute Gasteiger partial charge is 0.497 e. The van der Waals surface area contributed by atoms with Gasteiger partial charge in [-0.2, -0.15) is 0 Å². The van der Waals surface area contributed by atoms with E-state index in [1.165, 1.54) is 12.8 Å². The van der Waals surface area contributed by atoms with Gasteiger partial charge in [0.2, 0.25) is 11.8 Å². The summed E-state index contributed by atoms with van der Waals surface area (Å²) in [7, 11) is 3.31. The minimum atomic E-state index is -0.227. The highest BCUT2D eigenvalue weighted by molar-refractivity contribution is 5.90. The first-order valence-corrected chi connectivity index (χ1v) is 12.8. The molecule has 0 saturated carbocycles. The number of rotatable bonds is 7. The van der Waals surface area contributed by atoms with Crippen LogP contribution in [0.4, 0.5) is 0 Å². The van der Waals surface area contributed by atoms with Crippen molar-refractivity contribution in [2.75, 3.05) is 27.3 Å². The Morgan fingerprint density at radius 2 is 1.78 bits per heavy atom. The average Bonchev–Trinajstić information content (AvgIpc) is 2.95. The highest BCUT2D eigenvalue weighted by atomic mass is 16.5. The van der Waals surface area contributed by atoms with Gasteiger partial charge in [-0.1, -0.05) is 25.5 Å². The standard InChI is InChI=1S/C29H32N4O3/c1-4-18-17-33-14-12-19(18)15-26(33)27(21-11-13-30-25-10-9-20(34-2)16-24(21)25)36-29-23-8-6-5-7-22(23)28(35-3)31-32-29/h5-11,13,16,18-19,26-27H,4,12,14-15,17H2,1-3H3/t18-,19+,26+,27+/m0/s1. The van der Waals surface area contributed by atoms with Crippen molar-refractivity contribution in [2.45, 2.75) is 38.3 Å². The van der Waals surface area contributed by atoms with Gasteiger partial charge >= 0.3 is 0 Å². The van der Waals surface area contributed by atoms with E-state index < -0.39 is 0 Å². The molecule has 0 spiro atoms. The van der Waals surface area contributed by atoms with Gasteiger partial charge in [-0.25, -0.2) is 0 Å². The molecule has 3 aliphatic rings. The third kappa shape index (κ3) is 3.91. The van der Waals surface area contributed by atoms with Crippen LogP contribution in [0, 0.1) is 11.8 Å². The molecule has 3 saturated heterocycles. The van der Waals surface area contributed by atoms with Crippen LogP contribution in [0.25, 0.3) is 21.7 Å². The zero-order valence-electron chi connectivity index (χ0n) is 21.1. The first kappa shape index (κ1) is 23.0. The van der Waals surface area contributed by atoms with Crippen LogP contribution in [0.3, 0.4) is 0 Å². The second-order valence-corrected chi connectivity index (χ2v) is 9.90. The Hall–Kier alpha value is -3.45. The molecule has 7 rings (SSSR count). The van der Waals surface area contributed by atoms with E-state index in [0.717, 1.165) is 64.3 Å². The van der Waals surface area contributed by atoms with E-state index in [1.807, 2.05) is 42.6 Å². The molecule has 2 bridgehead atoms. The average molecular weight is 485 g/mol. The Balaban J connectivity index is 1.49. The van der Waals surface area contributed by atoms with Crippen molar-refractivity contribution in [3.8, 4) is 17.5 Å². The monoisotopic (exact) mass is 484 g/mol. The number of ether oxygens (including phenoxy) is 3. The van der Waals surface area contributed by atoms with Crippen molar-refractivity contribution in [3.05, 3.63) is 60.3 Å².